The number of aryl methyl sites for hydroxylation is 1. The summed E-state index contributed by atoms with van der Waals surface area (Å²) in [6.07, 6.45) is 1.26. The number of benzene rings is 1. The molecule has 5 nitrogen and oxygen atoms in total. The van der Waals surface area contributed by atoms with Crippen LogP contribution in [0.25, 0.3) is 0 Å². The molecule has 0 aliphatic carbocycles. The lowest BCUT2D eigenvalue weighted by Gasteiger charge is -2.41. The highest BCUT2D eigenvalue weighted by Crippen LogP contribution is 2.27. The van der Waals surface area contributed by atoms with E-state index in [1.54, 1.807) is 24.8 Å². The molecule has 134 valence electrons. The van der Waals surface area contributed by atoms with Gasteiger partial charge in [-0.25, -0.2) is 0 Å². The second-order valence-corrected chi connectivity index (χ2v) is 7.49. The number of carbonyl (C=O) groups excluding carboxylic acids is 1. The monoisotopic (exact) mass is 335 g/mol. The Kier molecular flexibility index (Phi) is 5.68. The van der Waals surface area contributed by atoms with Gasteiger partial charge in [0, 0.05) is 18.7 Å². The third-order valence-corrected chi connectivity index (χ3v) is 4.93. The largest absolute Gasteiger partial charge is 0.390 e. The Hall–Kier alpha value is -1.43. The number of carbonyl (C=O) groups is 1. The molecule has 24 heavy (non-hydrogen) atoms. The van der Waals surface area contributed by atoms with E-state index in [0.29, 0.717) is 37.8 Å². The molecule has 0 radical (unpaired) electrons. The minimum atomic E-state index is -1.09. The molecule has 1 aromatic carbocycles. The number of hydrogen-bond acceptors (Lipinski definition) is 4. The summed E-state index contributed by atoms with van der Waals surface area (Å²) >= 11 is 0. The van der Waals surface area contributed by atoms with Crippen molar-refractivity contribution in [2.45, 2.75) is 63.8 Å². The number of nitrogens with zero attached hydrogens (tertiary/aromatic N) is 1. The number of piperidine rings is 1. The van der Waals surface area contributed by atoms with Crippen molar-refractivity contribution >= 4 is 5.91 Å². The van der Waals surface area contributed by atoms with Crippen molar-refractivity contribution in [1.82, 2.24) is 4.90 Å². The summed E-state index contributed by atoms with van der Waals surface area (Å²) in [6, 6.07) is 7.41. The van der Waals surface area contributed by atoms with Gasteiger partial charge in [-0.3, -0.25) is 4.79 Å². The van der Waals surface area contributed by atoms with Crippen molar-refractivity contribution in [1.29, 1.82) is 0 Å². The Morgan fingerprint density at radius 3 is 2.71 bits per heavy atom. The van der Waals surface area contributed by atoms with Crippen LogP contribution in [-0.2, 0) is 6.42 Å². The lowest BCUT2D eigenvalue weighted by atomic mass is 9.86. The summed E-state index contributed by atoms with van der Waals surface area (Å²) in [5, 5.41) is 30.3. The van der Waals surface area contributed by atoms with Crippen LogP contribution in [0.1, 0.15) is 56.0 Å². The molecule has 1 amide bonds. The van der Waals surface area contributed by atoms with Gasteiger partial charge >= 0.3 is 0 Å². The molecule has 1 aliphatic rings. The van der Waals surface area contributed by atoms with E-state index < -0.39 is 17.3 Å². The molecular weight excluding hydrogens is 306 g/mol. The summed E-state index contributed by atoms with van der Waals surface area (Å²) in [7, 11) is 0. The normalized spacial score (nSPS) is 24.9. The first-order chi connectivity index (χ1) is 11.1. The lowest BCUT2D eigenvalue weighted by molar-refractivity contribution is -0.114. The highest BCUT2D eigenvalue weighted by molar-refractivity contribution is 5.94. The van der Waals surface area contributed by atoms with Gasteiger partial charge in [0.25, 0.3) is 5.91 Å². The smallest absolute Gasteiger partial charge is 0.253 e. The maximum atomic E-state index is 12.7. The molecule has 1 fully saturated rings. The fourth-order valence-corrected chi connectivity index (χ4v) is 3.05. The Balaban J connectivity index is 2.05. The summed E-state index contributed by atoms with van der Waals surface area (Å²) in [5.74, 6) is -0.127. The third-order valence-electron chi connectivity index (χ3n) is 4.93. The number of aliphatic hydroxyl groups is 3. The highest BCUT2D eigenvalue weighted by atomic mass is 16.3. The van der Waals surface area contributed by atoms with E-state index in [1.165, 1.54) is 0 Å². The van der Waals surface area contributed by atoms with Crippen LogP contribution in [0.3, 0.4) is 0 Å². The van der Waals surface area contributed by atoms with Crippen LogP contribution in [-0.4, -0.2) is 56.5 Å². The van der Waals surface area contributed by atoms with Gasteiger partial charge in [-0.2, -0.15) is 0 Å². The van der Waals surface area contributed by atoms with E-state index in [9.17, 15) is 20.1 Å². The molecule has 0 saturated carbocycles. The average molecular weight is 335 g/mol. The number of likely N-dealkylation sites (tertiary alicyclic amines) is 1. The predicted octanol–water partition coefficient (Wildman–Crippen LogP) is 1.74. The molecular formula is C19H29NO4. The highest BCUT2D eigenvalue weighted by Gasteiger charge is 2.40. The summed E-state index contributed by atoms with van der Waals surface area (Å²) in [6.45, 7) is 5.97. The summed E-state index contributed by atoms with van der Waals surface area (Å²) in [5.41, 5.74) is -0.240. The molecule has 0 spiro atoms. The molecule has 1 heterocycles. The Labute approximate surface area is 143 Å². The van der Waals surface area contributed by atoms with Crippen LogP contribution < -0.4 is 0 Å². The van der Waals surface area contributed by atoms with Crippen LogP contribution in [0.5, 0.6) is 0 Å². The van der Waals surface area contributed by atoms with Crippen molar-refractivity contribution in [3.63, 3.8) is 0 Å². The van der Waals surface area contributed by atoms with E-state index in [4.69, 9.17) is 0 Å². The van der Waals surface area contributed by atoms with Crippen molar-refractivity contribution in [3.05, 3.63) is 35.4 Å². The molecule has 1 aliphatic heterocycles. The zero-order valence-corrected chi connectivity index (χ0v) is 14.8. The molecule has 2 rings (SSSR count). The summed E-state index contributed by atoms with van der Waals surface area (Å²) < 4.78 is 0. The molecule has 1 aromatic rings. The van der Waals surface area contributed by atoms with E-state index in [2.05, 4.69) is 0 Å². The van der Waals surface area contributed by atoms with E-state index >= 15 is 0 Å². The maximum absolute atomic E-state index is 12.7. The number of rotatable bonds is 5. The average Bonchev–Trinajstić information content (AvgIpc) is 2.54. The topological polar surface area (TPSA) is 81.0 Å². The van der Waals surface area contributed by atoms with Crippen LogP contribution in [0.15, 0.2) is 24.3 Å². The van der Waals surface area contributed by atoms with E-state index in [-0.39, 0.29) is 12.5 Å². The SMILES string of the molecule is CC[C@@]1(O)CCN(C(=O)c2cccc(CCC(C)(C)O)c2)C[C@H]1O. The second-order valence-electron chi connectivity index (χ2n) is 7.49. The van der Waals surface area contributed by atoms with Crippen molar-refractivity contribution in [2.75, 3.05) is 13.1 Å². The van der Waals surface area contributed by atoms with E-state index in [0.717, 1.165) is 5.56 Å². The number of aliphatic hydroxyl groups excluding tert-OH is 1. The third kappa shape index (κ3) is 4.56. The van der Waals surface area contributed by atoms with Gasteiger partial charge < -0.3 is 20.2 Å². The Morgan fingerprint density at radius 1 is 1.42 bits per heavy atom. The summed E-state index contributed by atoms with van der Waals surface area (Å²) in [4.78, 5) is 14.3. The van der Waals surface area contributed by atoms with Gasteiger partial charge in [-0.1, -0.05) is 19.1 Å². The first kappa shape index (κ1) is 18.9. The number of hydrogen-bond donors (Lipinski definition) is 3. The van der Waals surface area contributed by atoms with Gasteiger partial charge in [0.15, 0.2) is 0 Å². The molecule has 0 bridgehead atoms. The van der Waals surface area contributed by atoms with Gasteiger partial charge in [0.2, 0.25) is 0 Å². The standard InChI is InChI=1S/C19H29NO4/c1-4-19(24)10-11-20(13-16(19)21)17(22)15-7-5-6-14(12-15)8-9-18(2,3)23/h5-7,12,16,21,23-24H,4,8-11,13H2,1-3H3/t16-,19-/m1/s1. The maximum Gasteiger partial charge on any atom is 0.253 e. The Morgan fingerprint density at radius 2 is 2.12 bits per heavy atom. The minimum absolute atomic E-state index is 0.127. The van der Waals surface area contributed by atoms with E-state index in [1.807, 2.05) is 25.1 Å². The number of amides is 1. The molecule has 1 saturated heterocycles. The van der Waals surface area contributed by atoms with Crippen molar-refractivity contribution < 1.29 is 20.1 Å². The van der Waals surface area contributed by atoms with Gasteiger partial charge in [-0.15, -0.1) is 0 Å². The molecule has 0 unspecified atom stereocenters. The van der Waals surface area contributed by atoms with Gasteiger partial charge in [0.1, 0.15) is 6.10 Å². The van der Waals surface area contributed by atoms with Crippen molar-refractivity contribution in [3.8, 4) is 0 Å². The van der Waals surface area contributed by atoms with Crippen LogP contribution >= 0.6 is 0 Å². The molecule has 0 aromatic heterocycles. The fourth-order valence-electron chi connectivity index (χ4n) is 3.05. The minimum Gasteiger partial charge on any atom is -0.390 e. The van der Waals surface area contributed by atoms with Crippen LogP contribution in [0.4, 0.5) is 0 Å². The number of β-amino-alcohol motifs (C(OH)–C–C–N with tert-alkyl or cyclic N) is 1. The quantitative estimate of drug-likeness (QED) is 0.766. The Bertz CT molecular complexity index is 581. The second kappa shape index (κ2) is 7.21. The van der Waals surface area contributed by atoms with Crippen molar-refractivity contribution in [2.24, 2.45) is 0 Å². The van der Waals surface area contributed by atoms with Gasteiger partial charge in [0.05, 0.1) is 11.2 Å². The molecule has 3 N–H and O–H groups in total. The van der Waals surface area contributed by atoms with Crippen LogP contribution in [0.2, 0.25) is 0 Å². The molecule has 2 atom stereocenters. The molecule has 5 heteroatoms. The predicted molar refractivity (Wildman–Crippen MR) is 92.8 cm³/mol. The zero-order valence-electron chi connectivity index (χ0n) is 14.8. The fraction of sp³-hybridized carbons (Fsp3) is 0.632. The first-order valence-electron chi connectivity index (χ1n) is 8.66. The first-order valence-corrected chi connectivity index (χ1v) is 8.66. The zero-order chi connectivity index (χ0) is 18.0. The lowest BCUT2D eigenvalue weighted by Crippen LogP contribution is -2.56. The van der Waals surface area contributed by atoms with Gasteiger partial charge in [-0.05, 0) is 57.2 Å². The van der Waals surface area contributed by atoms with Crippen LogP contribution in [0, 0.1) is 0 Å².